The summed E-state index contributed by atoms with van der Waals surface area (Å²) < 4.78 is 29.4. The van der Waals surface area contributed by atoms with Gasteiger partial charge in [0.25, 0.3) is 10.2 Å². The first-order chi connectivity index (χ1) is 9.63. The van der Waals surface area contributed by atoms with Crippen LogP contribution in [0.15, 0.2) is 0 Å². The normalized spacial score (nSPS) is 37.0. The van der Waals surface area contributed by atoms with Crippen LogP contribution in [-0.4, -0.2) is 49.2 Å². The molecule has 0 aromatic heterocycles. The van der Waals surface area contributed by atoms with Crippen molar-refractivity contribution in [2.75, 3.05) is 26.2 Å². The van der Waals surface area contributed by atoms with Crippen LogP contribution >= 0.6 is 0 Å². The van der Waals surface area contributed by atoms with Crippen LogP contribution in [0.2, 0.25) is 0 Å². The minimum absolute atomic E-state index is 0.270. The fourth-order valence-corrected chi connectivity index (χ4v) is 6.31. The second-order valence-corrected chi connectivity index (χ2v) is 8.50. The van der Waals surface area contributed by atoms with Crippen molar-refractivity contribution in [1.29, 1.82) is 0 Å². The molecular formula is C14H27N3O2S. The topological polar surface area (TPSA) is 66.6 Å². The summed E-state index contributed by atoms with van der Waals surface area (Å²) in [6.07, 6.45) is 7.70. The molecule has 3 aliphatic rings. The van der Waals surface area contributed by atoms with E-state index in [1.165, 1.54) is 19.3 Å². The Hall–Kier alpha value is -0.170. The first kappa shape index (κ1) is 14.8. The van der Waals surface area contributed by atoms with Gasteiger partial charge in [0.15, 0.2) is 0 Å². The van der Waals surface area contributed by atoms with Crippen LogP contribution in [0.5, 0.6) is 0 Å². The van der Waals surface area contributed by atoms with Crippen molar-refractivity contribution in [3.8, 4) is 0 Å². The van der Waals surface area contributed by atoms with Crippen molar-refractivity contribution in [3.63, 3.8) is 0 Å². The molecule has 5 nitrogen and oxygen atoms in total. The number of piperidine rings is 2. The Balaban J connectivity index is 1.76. The molecule has 6 heteroatoms. The number of fused-ring (bicyclic) bond motifs is 1. The van der Waals surface area contributed by atoms with Gasteiger partial charge in [-0.3, -0.25) is 0 Å². The van der Waals surface area contributed by atoms with Crippen molar-refractivity contribution >= 4 is 10.2 Å². The number of nitrogens with two attached hydrogens (primary N) is 1. The van der Waals surface area contributed by atoms with E-state index >= 15 is 0 Å². The van der Waals surface area contributed by atoms with Gasteiger partial charge in [0.2, 0.25) is 0 Å². The molecule has 20 heavy (non-hydrogen) atoms. The highest BCUT2D eigenvalue weighted by Gasteiger charge is 2.43. The summed E-state index contributed by atoms with van der Waals surface area (Å²) in [4.78, 5) is 0. The van der Waals surface area contributed by atoms with Crippen LogP contribution in [0, 0.1) is 11.8 Å². The standard InChI is InChI=1S/C14H27N3O2S/c15-10-12-4-2-8-16(11-12)20(18,19)17-9-3-6-13-5-1-7-14(13)17/h12-14H,1-11,15H2. The molecule has 2 saturated heterocycles. The molecule has 3 fully saturated rings. The summed E-state index contributed by atoms with van der Waals surface area (Å²) in [5.74, 6) is 0.941. The lowest BCUT2D eigenvalue weighted by molar-refractivity contribution is 0.177. The highest BCUT2D eigenvalue weighted by atomic mass is 32.2. The molecule has 0 bridgehead atoms. The van der Waals surface area contributed by atoms with E-state index in [9.17, 15) is 8.42 Å². The molecule has 2 N–H and O–H groups in total. The van der Waals surface area contributed by atoms with Crippen molar-refractivity contribution < 1.29 is 8.42 Å². The molecule has 2 heterocycles. The molecule has 0 radical (unpaired) electrons. The average molecular weight is 301 g/mol. The number of hydrogen-bond donors (Lipinski definition) is 1. The van der Waals surface area contributed by atoms with Crippen molar-refractivity contribution in [2.24, 2.45) is 17.6 Å². The van der Waals surface area contributed by atoms with E-state index in [4.69, 9.17) is 5.73 Å². The highest BCUT2D eigenvalue weighted by Crippen LogP contribution is 2.39. The van der Waals surface area contributed by atoms with Crippen molar-refractivity contribution in [1.82, 2.24) is 8.61 Å². The summed E-state index contributed by atoms with van der Waals surface area (Å²) in [6.45, 7) is 2.60. The Morgan fingerprint density at radius 2 is 1.75 bits per heavy atom. The largest absolute Gasteiger partial charge is 0.330 e. The second-order valence-electron chi connectivity index (χ2n) is 6.62. The molecule has 1 aliphatic carbocycles. The summed E-state index contributed by atoms with van der Waals surface area (Å²) in [5.41, 5.74) is 5.74. The zero-order valence-electron chi connectivity index (χ0n) is 12.2. The zero-order chi connectivity index (χ0) is 14.2. The molecule has 0 aromatic rings. The molecule has 2 aliphatic heterocycles. The predicted octanol–water partition coefficient (Wildman–Crippen LogP) is 1.17. The Kier molecular flexibility index (Phi) is 4.36. The molecule has 1 saturated carbocycles. The maximum Gasteiger partial charge on any atom is 0.282 e. The van der Waals surface area contributed by atoms with Crippen LogP contribution < -0.4 is 5.73 Å². The van der Waals surface area contributed by atoms with Gasteiger partial charge in [0.1, 0.15) is 0 Å². The molecule has 0 amide bonds. The summed E-state index contributed by atoms with van der Waals surface area (Å²) in [7, 11) is -3.27. The van der Waals surface area contributed by atoms with Crippen LogP contribution in [0.3, 0.4) is 0 Å². The maximum atomic E-state index is 13.0. The van der Waals surface area contributed by atoms with E-state index in [0.717, 1.165) is 25.7 Å². The summed E-state index contributed by atoms with van der Waals surface area (Å²) >= 11 is 0. The minimum Gasteiger partial charge on any atom is -0.330 e. The van der Waals surface area contributed by atoms with Gasteiger partial charge >= 0.3 is 0 Å². The third-order valence-electron chi connectivity index (χ3n) is 5.38. The molecule has 3 rings (SSSR count). The number of nitrogens with zero attached hydrogens (tertiary/aromatic N) is 2. The lowest BCUT2D eigenvalue weighted by atomic mass is 9.94. The Bertz CT molecular complexity index is 440. The first-order valence-corrected chi connectivity index (χ1v) is 9.49. The van der Waals surface area contributed by atoms with Crippen molar-refractivity contribution in [3.05, 3.63) is 0 Å². The molecule has 3 unspecified atom stereocenters. The molecule has 116 valence electrons. The van der Waals surface area contributed by atoms with Gasteiger partial charge in [-0.05, 0) is 56.9 Å². The third-order valence-corrected chi connectivity index (χ3v) is 7.41. The van der Waals surface area contributed by atoms with Gasteiger partial charge in [-0.2, -0.15) is 17.0 Å². The van der Waals surface area contributed by atoms with E-state index in [-0.39, 0.29) is 6.04 Å². The van der Waals surface area contributed by atoms with Gasteiger partial charge in [-0.1, -0.05) is 6.42 Å². The molecule has 0 aromatic carbocycles. The van der Waals surface area contributed by atoms with Crippen LogP contribution in [0.1, 0.15) is 44.9 Å². The average Bonchev–Trinajstić information content (AvgIpc) is 2.95. The number of hydrogen-bond acceptors (Lipinski definition) is 3. The van der Waals surface area contributed by atoms with E-state index in [1.54, 1.807) is 4.31 Å². The molecule has 3 atom stereocenters. The van der Waals surface area contributed by atoms with E-state index < -0.39 is 10.2 Å². The smallest absolute Gasteiger partial charge is 0.282 e. The Labute approximate surface area is 122 Å². The van der Waals surface area contributed by atoms with Crippen LogP contribution in [-0.2, 0) is 10.2 Å². The lowest BCUT2D eigenvalue weighted by Gasteiger charge is -2.41. The van der Waals surface area contributed by atoms with Crippen LogP contribution in [0.25, 0.3) is 0 Å². The Morgan fingerprint density at radius 3 is 2.55 bits per heavy atom. The van der Waals surface area contributed by atoms with Gasteiger partial charge in [0, 0.05) is 25.7 Å². The number of rotatable bonds is 3. The predicted molar refractivity (Wildman–Crippen MR) is 79.3 cm³/mol. The second kappa shape index (κ2) is 5.91. The molecule has 0 spiro atoms. The van der Waals surface area contributed by atoms with Gasteiger partial charge < -0.3 is 5.73 Å². The maximum absolute atomic E-state index is 13.0. The fraction of sp³-hybridized carbons (Fsp3) is 1.00. The van der Waals surface area contributed by atoms with Crippen LogP contribution in [0.4, 0.5) is 0 Å². The van der Waals surface area contributed by atoms with Crippen molar-refractivity contribution in [2.45, 2.75) is 51.0 Å². The highest BCUT2D eigenvalue weighted by molar-refractivity contribution is 7.86. The quantitative estimate of drug-likeness (QED) is 0.851. The van der Waals surface area contributed by atoms with E-state index in [2.05, 4.69) is 0 Å². The summed E-state index contributed by atoms with van der Waals surface area (Å²) in [5, 5.41) is 0. The SMILES string of the molecule is NCC1CCCN(S(=O)(=O)N2CCCC3CCCC32)C1. The third kappa shape index (κ3) is 2.63. The summed E-state index contributed by atoms with van der Waals surface area (Å²) in [6, 6.07) is 0.270. The minimum atomic E-state index is -3.27. The lowest BCUT2D eigenvalue weighted by Crippen LogP contribution is -2.54. The molecular weight excluding hydrogens is 274 g/mol. The van der Waals surface area contributed by atoms with Gasteiger partial charge in [0.05, 0.1) is 0 Å². The fourth-order valence-electron chi connectivity index (χ4n) is 4.27. The van der Waals surface area contributed by atoms with E-state index in [1.807, 2.05) is 4.31 Å². The Morgan fingerprint density at radius 1 is 1.00 bits per heavy atom. The first-order valence-electron chi connectivity index (χ1n) is 8.10. The van der Waals surface area contributed by atoms with E-state index in [0.29, 0.717) is 38.0 Å². The van der Waals surface area contributed by atoms with Gasteiger partial charge in [-0.15, -0.1) is 0 Å². The van der Waals surface area contributed by atoms with Gasteiger partial charge in [-0.25, -0.2) is 0 Å². The monoisotopic (exact) mass is 301 g/mol. The zero-order valence-corrected chi connectivity index (χ0v) is 13.0.